The summed E-state index contributed by atoms with van der Waals surface area (Å²) >= 11 is 4.63. The average Bonchev–Trinajstić information content (AvgIpc) is 3.03. The molecule has 0 aliphatic carbocycles. The van der Waals surface area contributed by atoms with Crippen molar-refractivity contribution in [3.63, 3.8) is 0 Å². The molecule has 0 radical (unpaired) electrons. The van der Waals surface area contributed by atoms with Gasteiger partial charge in [0.15, 0.2) is 0 Å². The summed E-state index contributed by atoms with van der Waals surface area (Å²) in [5.41, 5.74) is 3.03. The number of phenols is 1. The van der Waals surface area contributed by atoms with Crippen molar-refractivity contribution >= 4 is 61.4 Å². The lowest BCUT2D eigenvalue weighted by molar-refractivity contribution is 0.475. The van der Waals surface area contributed by atoms with Gasteiger partial charge in [0, 0.05) is 16.3 Å². The lowest BCUT2D eigenvalue weighted by Gasteiger charge is -2.05. The van der Waals surface area contributed by atoms with Crippen molar-refractivity contribution in [1.29, 1.82) is 0 Å². The van der Waals surface area contributed by atoms with Gasteiger partial charge < -0.3 is 5.11 Å². The van der Waals surface area contributed by atoms with Gasteiger partial charge in [0.25, 0.3) is 0 Å². The molecule has 23 heavy (non-hydrogen) atoms. The minimum atomic E-state index is 0.201. The third kappa shape index (κ3) is 2.60. The Hall–Kier alpha value is -2.31. The van der Waals surface area contributed by atoms with Gasteiger partial charge in [0.2, 0.25) is 0 Å². The zero-order valence-electron chi connectivity index (χ0n) is 11.8. The van der Waals surface area contributed by atoms with E-state index >= 15 is 0 Å². The number of hydrogen-bond acceptors (Lipinski definition) is 5. The topological polar surface area (TPSA) is 58.4 Å². The molecule has 0 aliphatic heterocycles. The van der Waals surface area contributed by atoms with Crippen LogP contribution in [0.4, 0.5) is 5.69 Å². The Bertz CT molecular complexity index is 1060. The number of phenolic OH excluding ortho intramolecular Hbond substituents is 1. The van der Waals surface area contributed by atoms with Gasteiger partial charge in [-0.1, -0.05) is 34.1 Å². The normalized spacial score (nSPS) is 11.7. The molecule has 6 heteroatoms. The fourth-order valence-electron chi connectivity index (χ4n) is 2.48. The second-order valence-corrected chi connectivity index (χ2v) is 6.48. The predicted octanol–water partition coefficient (Wildman–Crippen LogP) is 5.06. The first-order valence-electron chi connectivity index (χ1n) is 6.89. The van der Waals surface area contributed by atoms with Gasteiger partial charge in [-0.2, -0.15) is 8.75 Å². The molecule has 3 aromatic carbocycles. The molecule has 4 aromatic rings. The zero-order valence-corrected chi connectivity index (χ0v) is 14.2. The van der Waals surface area contributed by atoms with Gasteiger partial charge in [0.05, 0.1) is 17.4 Å². The van der Waals surface area contributed by atoms with Crippen molar-refractivity contribution in [2.45, 2.75) is 0 Å². The van der Waals surface area contributed by atoms with Crippen LogP contribution in [0.25, 0.3) is 21.8 Å². The summed E-state index contributed by atoms with van der Waals surface area (Å²) in [6, 6.07) is 15.2. The van der Waals surface area contributed by atoms with Crippen LogP contribution in [0.15, 0.2) is 58.0 Å². The summed E-state index contributed by atoms with van der Waals surface area (Å²) in [7, 11) is 0. The monoisotopic (exact) mass is 383 g/mol. The number of aliphatic imine (C=N–C) groups is 1. The second kappa shape index (κ2) is 5.72. The Balaban J connectivity index is 1.86. The van der Waals surface area contributed by atoms with E-state index in [1.807, 2.05) is 42.5 Å². The van der Waals surface area contributed by atoms with E-state index in [0.717, 1.165) is 32.0 Å². The van der Waals surface area contributed by atoms with E-state index in [1.54, 1.807) is 12.3 Å². The van der Waals surface area contributed by atoms with Gasteiger partial charge in [-0.05, 0) is 41.1 Å². The summed E-state index contributed by atoms with van der Waals surface area (Å²) < 4.78 is 9.49. The van der Waals surface area contributed by atoms with E-state index in [2.05, 4.69) is 29.7 Å². The van der Waals surface area contributed by atoms with Crippen LogP contribution in [-0.4, -0.2) is 20.1 Å². The summed E-state index contributed by atoms with van der Waals surface area (Å²) in [4.78, 5) is 4.52. The van der Waals surface area contributed by atoms with Crippen molar-refractivity contribution in [3.05, 3.63) is 58.6 Å². The van der Waals surface area contributed by atoms with E-state index in [4.69, 9.17) is 0 Å². The highest BCUT2D eigenvalue weighted by atomic mass is 79.9. The van der Waals surface area contributed by atoms with Gasteiger partial charge >= 0.3 is 0 Å². The molecule has 4 nitrogen and oxygen atoms in total. The van der Waals surface area contributed by atoms with Crippen LogP contribution >= 0.6 is 27.7 Å². The molecule has 0 bridgehead atoms. The maximum absolute atomic E-state index is 10.2. The first-order valence-corrected chi connectivity index (χ1v) is 8.41. The van der Waals surface area contributed by atoms with Crippen LogP contribution in [0.2, 0.25) is 0 Å². The fraction of sp³-hybridized carbons (Fsp3) is 0. The van der Waals surface area contributed by atoms with Crippen LogP contribution in [0, 0.1) is 0 Å². The summed E-state index contributed by atoms with van der Waals surface area (Å²) in [6.07, 6.45) is 1.68. The number of nitrogens with zero attached hydrogens (tertiary/aromatic N) is 3. The Labute approximate surface area is 144 Å². The summed E-state index contributed by atoms with van der Waals surface area (Å²) in [5.74, 6) is 0.201. The molecule has 1 heterocycles. The largest absolute Gasteiger partial charge is 0.507 e. The zero-order chi connectivity index (χ0) is 15.8. The van der Waals surface area contributed by atoms with E-state index in [9.17, 15) is 5.11 Å². The summed E-state index contributed by atoms with van der Waals surface area (Å²) in [5, 5.41) is 12.2. The van der Waals surface area contributed by atoms with Gasteiger partial charge in [-0.25, -0.2) is 0 Å². The minimum Gasteiger partial charge on any atom is -0.507 e. The molecule has 0 saturated heterocycles. The molecule has 4 rings (SSSR count). The van der Waals surface area contributed by atoms with Crippen molar-refractivity contribution in [2.24, 2.45) is 4.99 Å². The molecule has 1 N–H and O–H groups in total. The van der Waals surface area contributed by atoms with Crippen LogP contribution in [0.5, 0.6) is 5.75 Å². The van der Waals surface area contributed by atoms with E-state index in [1.165, 1.54) is 11.7 Å². The molecule has 112 valence electrons. The van der Waals surface area contributed by atoms with Crippen LogP contribution in [0.1, 0.15) is 5.56 Å². The van der Waals surface area contributed by atoms with Crippen molar-refractivity contribution in [3.8, 4) is 5.75 Å². The van der Waals surface area contributed by atoms with Crippen molar-refractivity contribution in [2.75, 3.05) is 0 Å². The fourth-order valence-corrected chi connectivity index (χ4v) is 3.40. The maximum atomic E-state index is 10.2. The van der Waals surface area contributed by atoms with E-state index in [-0.39, 0.29) is 5.75 Å². The van der Waals surface area contributed by atoms with Crippen molar-refractivity contribution in [1.82, 2.24) is 8.75 Å². The molecule has 0 aliphatic rings. The number of hydrogen-bond donors (Lipinski definition) is 1. The molecule has 0 fully saturated rings. The van der Waals surface area contributed by atoms with Gasteiger partial charge in [-0.15, -0.1) is 0 Å². The lowest BCUT2D eigenvalue weighted by Crippen LogP contribution is -1.86. The van der Waals surface area contributed by atoms with Crippen LogP contribution < -0.4 is 0 Å². The minimum absolute atomic E-state index is 0.201. The highest BCUT2D eigenvalue weighted by molar-refractivity contribution is 9.10. The van der Waals surface area contributed by atoms with Gasteiger partial charge in [-0.3, -0.25) is 4.99 Å². The molecule has 0 atom stereocenters. The number of aromatic nitrogens is 2. The van der Waals surface area contributed by atoms with Gasteiger partial charge in [0.1, 0.15) is 16.8 Å². The Morgan fingerprint density at radius 1 is 1.09 bits per heavy atom. The highest BCUT2D eigenvalue weighted by Crippen LogP contribution is 2.29. The molecule has 0 amide bonds. The number of rotatable bonds is 2. The molecule has 0 saturated carbocycles. The first-order chi connectivity index (χ1) is 11.2. The summed E-state index contributed by atoms with van der Waals surface area (Å²) in [6.45, 7) is 0. The van der Waals surface area contributed by atoms with E-state index < -0.39 is 0 Å². The molecule has 1 aromatic heterocycles. The quantitative estimate of drug-likeness (QED) is 0.492. The number of aromatic hydroxyl groups is 1. The lowest BCUT2D eigenvalue weighted by atomic mass is 10.0. The van der Waals surface area contributed by atoms with Crippen LogP contribution in [-0.2, 0) is 0 Å². The second-order valence-electron chi connectivity index (χ2n) is 5.03. The van der Waals surface area contributed by atoms with Crippen LogP contribution in [0.3, 0.4) is 0 Å². The third-order valence-electron chi connectivity index (χ3n) is 3.60. The SMILES string of the molecule is Oc1ccc2cc(Br)ccc2c1/C=N/c1cccc2nsnc12. The van der Waals surface area contributed by atoms with Crippen molar-refractivity contribution < 1.29 is 5.11 Å². The molecule has 0 spiro atoms. The Morgan fingerprint density at radius 3 is 2.91 bits per heavy atom. The van der Waals surface area contributed by atoms with E-state index in [0.29, 0.717) is 5.56 Å². The smallest absolute Gasteiger partial charge is 0.130 e. The Kier molecular flexibility index (Phi) is 3.55. The predicted molar refractivity (Wildman–Crippen MR) is 98.0 cm³/mol. The third-order valence-corrected chi connectivity index (χ3v) is 4.63. The standard InChI is InChI=1S/C17H10BrN3OS/c18-11-5-6-12-10(8-11)4-7-16(22)13(12)9-19-14-2-1-3-15-17(14)21-23-20-15/h1-9,22H/b19-9+. The Morgan fingerprint density at radius 2 is 2.00 bits per heavy atom. The highest BCUT2D eigenvalue weighted by Gasteiger charge is 2.07. The first kappa shape index (κ1) is 14.3. The number of halogens is 1. The molecular formula is C17H10BrN3OS. The molecule has 0 unspecified atom stereocenters. The molecular weight excluding hydrogens is 374 g/mol. The number of fused-ring (bicyclic) bond motifs is 2. The average molecular weight is 384 g/mol. The number of benzene rings is 3. The maximum Gasteiger partial charge on any atom is 0.130 e.